The number of rotatable bonds is 8. The first-order valence-corrected chi connectivity index (χ1v) is 8.08. The zero-order chi connectivity index (χ0) is 14.3. The van der Waals surface area contributed by atoms with Crippen LogP contribution in [0, 0.1) is 6.92 Å². The number of methoxy groups -OCH3 is 1. The molecular weight excluding hydrogens is 304 g/mol. The van der Waals surface area contributed by atoms with Crippen molar-refractivity contribution in [3.63, 3.8) is 0 Å². The minimum Gasteiger partial charge on any atom is -0.497 e. The number of hydrogen-bond acceptors (Lipinski definition) is 3. The van der Waals surface area contributed by atoms with Gasteiger partial charge in [-0.15, -0.1) is 0 Å². The van der Waals surface area contributed by atoms with Crippen LogP contribution in [0.4, 0.5) is 0 Å². The number of nitrogens with zero attached hydrogens (tertiary/aromatic N) is 2. The average molecular weight is 329 g/mol. The number of alkyl halides is 1. The van der Waals surface area contributed by atoms with Crippen LogP contribution in [0.15, 0.2) is 12.1 Å². The molecule has 3 nitrogen and oxygen atoms in total. The molecule has 0 saturated carbocycles. The molecule has 0 bridgehead atoms. The topological polar surface area (TPSA) is 25.4 Å². The van der Waals surface area contributed by atoms with Gasteiger partial charge in [-0.05, 0) is 19.8 Å². The van der Waals surface area contributed by atoms with Gasteiger partial charge in [-0.25, -0.2) is 0 Å². The molecule has 1 aromatic rings. The van der Waals surface area contributed by atoms with Gasteiger partial charge in [0.1, 0.15) is 5.75 Å². The third-order valence-corrected chi connectivity index (χ3v) is 3.77. The Labute approximate surface area is 125 Å². The molecule has 0 aliphatic carbocycles. The number of aromatic nitrogens is 1. The lowest BCUT2D eigenvalue weighted by molar-refractivity contribution is 0.186. The Morgan fingerprint density at radius 2 is 2.00 bits per heavy atom. The van der Waals surface area contributed by atoms with Crippen molar-refractivity contribution in [3.05, 3.63) is 23.5 Å². The van der Waals surface area contributed by atoms with E-state index >= 15 is 0 Å². The predicted octanol–water partition coefficient (Wildman–Crippen LogP) is 3.78. The maximum Gasteiger partial charge on any atom is 0.122 e. The quantitative estimate of drug-likeness (QED) is 0.679. The molecule has 4 heteroatoms. The molecule has 1 rings (SSSR count). The summed E-state index contributed by atoms with van der Waals surface area (Å²) in [6, 6.07) is 4.62. The molecule has 0 spiro atoms. The molecule has 0 aliphatic heterocycles. The molecule has 0 N–H and O–H groups in total. The lowest BCUT2D eigenvalue weighted by atomic mass is 10.1. The van der Waals surface area contributed by atoms with Crippen molar-refractivity contribution >= 4 is 15.9 Å². The number of hydrogen-bond donors (Lipinski definition) is 0. The van der Waals surface area contributed by atoms with Gasteiger partial charge in [0.05, 0.1) is 12.8 Å². The average Bonchev–Trinajstić information content (AvgIpc) is 2.39. The normalized spacial score (nSPS) is 11.3. The first-order valence-electron chi connectivity index (χ1n) is 6.96. The van der Waals surface area contributed by atoms with Crippen molar-refractivity contribution in [2.75, 3.05) is 19.0 Å². The molecule has 0 aliphatic rings. The molecule has 1 aromatic heterocycles. The Morgan fingerprint density at radius 1 is 1.32 bits per heavy atom. The van der Waals surface area contributed by atoms with E-state index < -0.39 is 0 Å². The Hall–Kier alpha value is -0.610. The Kier molecular flexibility index (Phi) is 7.39. The summed E-state index contributed by atoms with van der Waals surface area (Å²) in [5.74, 6) is 0.894. The molecule has 0 amide bonds. The lowest BCUT2D eigenvalue weighted by Crippen LogP contribution is -2.35. The molecule has 19 heavy (non-hydrogen) atoms. The van der Waals surface area contributed by atoms with Gasteiger partial charge in [-0.3, -0.25) is 9.88 Å². The molecule has 0 unspecified atom stereocenters. The van der Waals surface area contributed by atoms with Crippen LogP contribution in [-0.2, 0) is 6.54 Å². The van der Waals surface area contributed by atoms with Crippen molar-refractivity contribution in [2.45, 2.75) is 46.2 Å². The fourth-order valence-electron chi connectivity index (χ4n) is 2.41. The Bertz CT molecular complexity index is 380. The van der Waals surface area contributed by atoms with E-state index in [1.807, 2.05) is 19.1 Å². The third kappa shape index (κ3) is 5.11. The van der Waals surface area contributed by atoms with Crippen LogP contribution in [0.3, 0.4) is 0 Å². The molecule has 0 radical (unpaired) electrons. The number of halogens is 1. The maximum atomic E-state index is 5.32. The summed E-state index contributed by atoms with van der Waals surface area (Å²) in [6.45, 7) is 8.44. The lowest BCUT2D eigenvalue weighted by Gasteiger charge is -2.29. The number of aryl methyl sites for hydroxylation is 1. The van der Waals surface area contributed by atoms with Crippen molar-refractivity contribution in [1.82, 2.24) is 9.88 Å². The highest BCUT2D eigenvalue weighted by Crippen LogP contribution is 2.17. The van der Waals surface area contributed by atoms with Crippen molar-refractivity contribution in [3.8, 4) is 5.75 Å². The Morgan fingerprint density at radius 3 is 2.53 bits per heavy atom. The smallest absolute Gasteiger partial charge is 0.122 e. The molecule has 0 fully saturated rings. The van der Waals surface area contributed by atoms with E-state index in [-0.39, 0.29) is 0 Å². The second-order valence-electron chi connectivity index (χ2n) is 4.77. The highest BCUT2D eigenvalue weighted by Gasteiger charge is 2.15. The minimum absolute atomic E-state index is 0.617. The monoisotopic (exact) mass is 328 g/mol. The largest absolute Gasteiger partial charge is 0.497 e. The van der Waals surface area contributed by atoms with E-state index in [0.717, 1.165) is 35.6 Å². The van der Waals surface area contributed by atoms with Crippen LogP contribution in [0.5, 0.6) is 5.75 Å². The fourth-order valence-corrected chi connectivity index (χ4v) is 2.87. The van der Waals surface area contributed by atoms with Crippen molar-refractivity contribution in [1.29, 1.82) is 0 Å². The summed E-state index contributed by atoms with van der Waals surface area (Å²) in [7, 11) is 1.70. The molecule has 0 atom stereocenters. The highest BCUT2D eigenvalue weighted by molar-refractivity contribution is 9.09. The van der Waals surface area contributed by atoms with Gasteiger partial charge in [-0.1, -0.05) is 29.8 Å². The zero-order valence-corrected chi connectivity index (χ0v) is 14.0. The van der Waals surface area contributed by atoms with Gasteiger partial charge in [-0.2, -0.15) is 0 Å². The maximum absolute atomic E-state index is 5.32. The van der Waals surface area contributed by atoms with E-state index in [0.29, 0.717) is 6.04 Å². The molecule has 0 aromatic carbocycles. The predicted molar refractivity (Wildman–Crippen MR) is 84.1 cm³/mol. The van der Waals surface area contributed by atoms with Crippen LogP contribution in [0.25, 0.3) is 0 Å². The minimum atomic E-state index is 0.617. The third-order valence-electron chi connectivity index (χ3n) is 3.41. The van der Waals surface area contributed by atoms with Crippen molar-refractivity contribution in [2.24, 2.45) is 0 Å². The summed E-state index contributed by atoms with van der Waals surface area (Å²) >= 11 is 3.55. The van der Waals surface area contributed by atoms with Crippen molar-refractivity contribution < 1.29 is 4.74 Å². The molecular formula is C15H25BrN2O. The van der Waals surface area contributed by atoms with Gasteiger partial charge in [0.15, 0.2) is 0 Å². The summed E-state index contributed by atoms with van der Waals surface area (Å²) < 4.78 is 5.32. The number of ether oxygens (including phenoxy) is 1. The first-order chi connectivity index (χ1) is 9.14. The van der Waals surface area contributed by atoms with Crippen LogP contribution >= 0.6 is 15.9 Å². The van der Waals surface area contributed by atoms with Crippen LogP contribution in [0.1, 0.15) is 38.1 Å². The van der Waals surface area contributed by atoms with E-state index in [9.17, 15) is 0 Å². The molecule has 108 valence electrons. The fraction of sp³-hybridized carbons (Fsp3) is 0.667. The first kappa shape index (κ1) is 16.4. The van der Waals surface area contributed by atoms with E-state index in [2.05, 4.69) is 39.7 Å². The highest BCUT2D eigenvalue weighted by atomic mass is 79.9. The summed E-state index contributed by atoms with van der Waals surface area (Å²) in [4.78, 5) is 7.11. The molecule has 1 heterocycles. The van der Waals surface area contributed by atoms with Gasteiger partial charge in [0, 0.05) is 42.3 Å². The van der Waals surface area contributed by atoms with Crippen LogP contribution < -0.4 is 4.74 Å². The van der Waals surface area contributed by atoms with E-state index in [4.69, 9.17) is 4.74 Å². The molecule has 0 saturated heterocycles. The second-order valence-corrected chi connectivity index (χ2v) is 5.56. The standard InChI is InChI=1S/C15H25BrN2O/c1-5-14(6-2)18(8-7-16)11-13-10-15(19-4)9-12(3)17-13/h9-10,14H,5-8,11H2,1-4H3. The summed E-state index contributed by atoms with van der Waals surface area (Å²) in [5, 5.41) is 0.993. The van der Waals surface area contributed by atoms with Crippen LogP contribution in [0.2, 0.25) is 0 Å². The van der Waals surface area contributed by atoms with Gasteiger partial charge >= 0.3 is 0 Å². The summed E-state index contributed by atoms with van der Waals surface area (Å²) in [6.07, 6.45) is 2.35. The van der Waals surface area contributed by atoms with Gasteiger partial charge < -0.3 is 4.74 Å². The Balaban J connectivity index is 2.86. The SMILES string of the molecule is CCC(CC)N(CCBr)Cc1cc(OC)cc(C)n1. The van der Waals surface area contributed by atoms with E-state index in [1.165, 1.54) is 12.8 Å². The zero-order valence-electron chi connectivity index (χ0n) is 12.4. The van der Waals surface area contributed by atoms with Gasteiger partial charge in [0.2, 0.25) is 0 Å². The second kappa shape index (κ2) is 8.54. The van der Waals surface area contributed by atoms with Crippen LogP contribution in [-0.4, -0.2) is 34.9 Å². The number of pyridine rings is 1. The summed E-state index contributed by atoms with van der Waals surface area (Å²) in [5.41, 5.74) is 2.10. The van der Waals surface area contributed by atoms with E-state index in [1.54, 1.807) is 7.11 Å². The van der Waals surface area contributed by atoms with Gasteiger partial charge in [0.25, 0.3) is 0 Å².